The highest BCUT2D eigenvalue weighted by Crippen LogP contribution is 2.26. The fourth-order valence-electron chi connectivity index (χ4n) is 1.14. The molecule has 13 heavy (non-hydrogen) atoms. The van der Waals surface area contributed by atoms with Crippen molar-refractivity contribution in [3.63, 3.8) is 0 Å². The molecular weight excluding hydrogens is 321 g/mol. The van der Waals surface area contributed by atoms with Crippen LogP contribution in [-0.2, 0) is 5.33 Å². The molecule has 0 aliphatic rings. The number of rotatable bonds is 1. The summed E-state index contributed by atoms with van der Waals surface area (Å²) in [6, 6.07) is 1.96. The molecule has 2 heterocycles. The van der Waals surface area contributed by atoms with Crippen LogP contribution in [0.3, 0.4) is 0 Å². The highest BCUT2D eigenvalue weighted by Gasteiger charge is 2.10. The van der Waals surface area contributed by atoms with Gasteiger partial charge in [0.1, 0.15) is 16.4 Å². The average Bonchev–Trinajstić information content (AvgIpc) is 2.45. The molecule has 0 atom stereocenters. The second-order valence-electron chi connectivity index (χ2n) is 2.44. The minimum Gasteiger partial charge on any atom is -0.222 e. The summed E-state index contributed by atoms with van der Waals surface area (Å²) >= 11 is 12.7. The molecule has 2 aromatic rings. The molecule has 0 saturated carbocycles. The minimum atomic E-state index is 0.468. The first-order valence-corrected chi connectivity index (χ1v) is 5.76. The monoisotopic (exact) mass is 323 g/mol. The third-order valence-corrected chi connectivity index (χ3v) is 3.13. The lowest BCUT2D eigenvalue weighted by Crippen LogP contribution is -1.93. The molecule has 0 aromatic carbocycles. The topological polar surface area (TPSA) is 30.2 Å². The first-order chi connectivity index (χ1) is 6.24. The van der Waals surface area contributed by atoms with Gasteiger partial charge in [0.05, 0.1) is 0 Å². The molecule has 0 radical (unpaired) electrons. The van der Waals surface area contributed by atoms with Crippen molar-refractivity contribution in [2.75, 3.05) is 0 Å². The highest BCUT2D eigenvalue weighted by molar-refractivity contribution is 9.10. The number of alkyl halides is 1. The predicted octanol–water partition coefficient (Wildman–Crippen LogP) is 3.04. The van der Waals surface area contributed by atoms with Gasteiger partial charge in [0.25, 0.3) is 0 Å². The number of halogens is 3. The summed E-state index contributed by atoms with van der Waals surface area (Å²) in [7, 11) is 0. The van der Waals surface area contributed by atoms with Gasteiger partial charge in [0, 0.05) is 5.33 Å². The molecule has 0 aliphatic carbocycles. The largest absolute Gasteiger partial charge is 0.222 e. The molecule has 2 aromatic heterocycles. The van der Waals surface area contributed by atoms with Gasteiger partial charge in [-0.05, 0) is 27.6 Å². The summed E-state index contributed by atoms with van der Waals surface area (Å²) in [5, 5.41) is 5.26. The predicted molar refractivity (Wildman–Crippen MR) is 58.3 cm³/mol. The number of hydrogen-bond donors (Lipinski definition) is 0. The number of hydrogen-bond acceptors (Lipinski definition) is 2. The quantitative estimate of drug-likeness (QED) is 0.755. The number of aromatic nitrogens is 3. The summed E-state index contributed by atoms with van der Waals surface area (Å²) in [6.07, 6.45) is 1.43. The first-order valence-electron chi connectivity index (χ1n) is 3.46. The van der Waals surface area contributed by atoms with Gasteiger partial charge in [-0.1, -0.05) is 27.5 Å². The third kappa shape index (κ3) is 1.49. The molecule has 0 aliphatic heterocycles. The van der Waals surface area contributed by atoms with Gasteiger partial charge in [-0.25, -0.2) is 9.50 Å². The summed E-state index contributed by atoms with van der Waals surface area (Å²) in [5.41, 5.74) is 1.91. The average molecular weight is 325 g/mol. The van der Waals surface area contributed by atoms with Crippen molar-refractivity contribution in [2.45, 2.75) is 5.33 Å². The molecular formula is C7H4Br2ClN3. The van der Waals surface area contributed by atoms with E-state index in [1.54, 1.807) is 4.52 Å². The van der Waals surface area contributed by atoms with Crippen molar-refractivity contribution in [3.8, 4) is 0 Å². The fraction of sp³-hybridized carbons (Fsp3) is 0.143. The number of fused-ring (bicyclic) bond motifs is 1. The van der Waals surface area contributed by atoms with Gasteiger partial charge < -0.3 is 0 Å². The van der Waals surface area contributed by atoms with Crippen molar-refractivity contribution in [3.05, 3.63) is 27.7 Å². The SMILES string of the molecule is Clc1ncnn2c(Br)cc(CBr)c12. The first kappa shape index (κ1) is 9.43. The fourth-order valence-corrected chi connectivity index (χ4v) is 2.36. The highest BCUT2D eigenvalue weighted by atomic mass is 79.9. The van der Waals surface area contributed by atoms with Crippen molar-refractivity contribution >= 4 is 49.0 Å². The van der Waals surface area contributed by atoms with E-state index in [-0.39, 0.29) is 0 Å². The van der Waals surface area contributed by atoms with E-state index >= 15 is 0 Å². The molecule has 0 N–H and O–H groups in total. The molecule has 2 rings (SSSR count). The Balaban J connectivity index is 2.89. The summed E-state index contributed by atoms with van der Waals surface area (Å²) in [6.45, 7) is 0. The Morgan fingerprint density at radius 2 is 2.31 bits per heavy atom. The van der Waals surface area contributed by atoms with Crippen molar-refractivity contribution in [1.29, 1.82) is 0 Å². The standard InChI is InChI=1S/C7H4Br2ClN3/c8-2-4-1-5(9)13-6(4)7(10)11-3-12-13/h1,3H,2H2. The molecule has 6 heteroatoms. The van der Waals surface area contributed by atoms with Crippen LogP contribution in [0.2, 0.25) is 5.15 Å². The van der Waals surface area contributed by atoms with Crippen molar-refractivity contribution in [2.24, 2.45) is 0 Å². The lowest BCUT2D eigenvalue weighted by Gasteiger charge is -1.97. The van der Waals surface area contributed by atoms with Crippen LogP contribution in [0.25, 0.3) is 5.52 Å². The molecule has 0 saturated heterocycles. The molecule has 0 spiro atoms. The van der Waals surface area contributed by atoms with Crippen LogP contribution in [0.1, 0.15) is 5.56 Å². The Morgan fingerprint density at radius 1 is 1.54 bits per heavy atom. The second-order valence-corrected chi connectivity index (χ2v) is 4.17. The summed E-state index contributed by atoms with van der Waals surface area (Å²) in [5.74, 6) is 0. The van der Waals surface area contributed by atoms with Crippen LogP contribution >= 0.6 is 43.5 Å². The van der Waals surface area contributed by atoms with E-state index in [1.165, 1.54) is 6.33 Å². The minimum absolute atomic E-state index is 0.468. The maximum Gasteiger partial charge on any atom is 0.156 e. The smallest absolute Gasteiger partial charge is 0.156 e. The second kappa shape index (κ2) is 3.55. The zero-order valence-corrected chi connectivity index (χ0v) is 10.3. The van der Waals surface area contributed by atoms with Crippen LogP contribution in [0, 0.1) is 0 Å². The molecule has 68 valence electrons. The van der Waals surface area contributed by atoms with E-state index in [0.717, 1.165) is 21.0 Å². The van der Waals surface area contributed by atoms with Crippen LogP contribution in [0.15, 0.2) is 17.0 Å². The van der Waals surface area contributed by atoms with E-state index in [0.29, 0.717) is 5.15 Å². The van der Waals surface area contributed by atoms with Gasteiger partial charge in [-0.15, -0.1) is 0 Å². The van der Waals surface area contributed by atoms with E-state index in [4.69, 9.17) is 11.6 Å². The zero-order valence-electron chi connectivity index (χ0n) is 6.34. The van der Waals surface area contributed by atoms with E-state index < -0.39 is 0 Å². The van der Waals surface area contributed by atoms with Crippen LogP contribution in [0.4, 0.5) is 0 Å². The zero-order chi connectivity index (χ0) is 9.42. The lowest BCUT2D eigenvalue weighted by atomic mass is 10.3. The molecule has 3 nitrogen and oxygen atoms in total. The Kier molecular flexibility index (Phi) is 2.58. The van der Waals surface area contributed by atoms with E-state index in [1.807, 2.05) is 6.07 Å². The molecule has 0 amide bonds. The van der Waals surface area contributed by atoms with Crippen LogP contribution in [0.5, 0.6) is 0 Å². The van der Waals surface area contributed by atoms with Crippen molar-refractivity contribution < 1.29 is 0 Å². The Bertz CT molecular complexity index is 454. The van der Waals surface area contributed by atoms with Gasteiger partial charge in [-0.3, -0.25) is 0 Å². The normalized spacial score (nSPS) is 11.0. The lowest BCUT2D eigenvalue weighted by molar-refractivity contribution is 0.884. The van der Waals surface area contributed by atoms with Gasteiger partial charge in [-0.2, -0.15) is 5.10 Å². The molecule has 0 unspecified atom stereocenters. The van der Waals surface area contributed by atoms with Crippen LogP contribution in [-0.4, -0.2) is 14.6 Å². The molecule has 0 bridgehead atoms. The van der Waals surface area contributed by atoms with Crippen LogP contribution < -0.4 is 0 Å². The molecule has 0 fully saturated rings. The van der Waals surface area contributed by atoms with Crippen molar-refractivity contribution in [1.82, 2.24) is 14.6 Å². The van der Waals surface area contributed by atoms with Gasteiger partial charge in [0.15, 0.2) is 5.15 Å². The Hall–Kier alpha value is -0.130. The Morgan fingerprint density at radius 3 is 3.00 bits per heavy atom. The number of nitrogens with zero attached hydrogens (tertiary/aromatic N) is 3. The maximum atomic E-state index is 5.94. The van der Waals surface area contributed by atoms with Gasteiger partial charge in [0.2, 0.25) is 0 Å². The summed E-state index contributed by atoms with van der Waals surface area (Å²) in [4.78, 5) is 3.92. The van der Waals surface area contributed by atoms with E-state index in [9.17, 15) is 0 Å². The maximum absolute atomic E-state index is 5.94. The third-order valence-electron chi connectivity index (χ3n) is 1.69. The summed E-state index contributed by atoms with van der Waals surface area (Å²) < 4.78 is 2.59. The van der Waals surface area contributed by atoms with Gasteiger partial charge >= 0.3 is 0 Å². The Labute approximate surface area is 96.4 Å². The van der Waals surface area contributed by atoms with E-state index in [2.05, 4.69) is 41.9 Å².